The summed E-state index contributed by atoms with van der Waals surface area (Å²) in [6.45, 7) is 9.85. The van der Waals surface area contributed by atoms with Crippen LogP contribution < -0.4 is 10.9 Å². The molecule has 0 radical (unpaired) electrons. The second kappa shape index (κ2) is 12.2. The first-order chi connectivity index (χ1) is 17.9. The number of hydrogen-bond acceptors (Lipinski definition) is 8. The molecule has 10 heteroatoms. The van der Waals surface area contributed by atoms with Crippen molar-refractivity contribution in [3.63, 3.8) is 0 Å². The number of carbonyl (C=O) groups excluding carboxylic acids is 1. The number of fused-ring (bicyclic) bond motifs is 1. The first-order valence-electron chi connectivity index (χ1n) is 12.7. The van der Waals surface area contributed by atoms with Crippen LogP contribution in [0.3, 0.4) is 0 Å². The Morgan fingerprint density at radius 2 is 1.82 bits per heavy atom. The van der Waals surface area contributed by atoms with Crippen LogP contribution in [0.2, 0.25) is 0 Å². The summed E-state index contributed by atoms with van der Waals surface area (Å²) in [5, 5.41) is 13.3. The van der Waals surface area contributed by atoms with Crippen LogP contribution in [-0.2, 0) is 32.6 Å². The standard InChI is InChI=1S/C28H40N4O6/c1-17-11-20(14-31(6)26(17)34)25-30-22-12-19(9-10-23(22)32(25)21(15-36-7)16-37-8)13-29-24(18(2)33)27(35)38-28(3,4)5/h9-12,14,18,21,24,29,33H,13,15-16H2,1-8H3/t18-,24-/m1/s1. The van der Waals surface area contributed by atoms with Gasteiger partial charge in [-0.05, 0) is 58.4 Å². The van der Waals surface area contributed by atoms with Gasteiger partial charge in [0.05, 0.1) is 36.4 Å². The molecule has 2 aromatic heterocycles. The van der Waals surface area contributed by atoms with Crippen molar-refractivity contribution in [1.82, 2.24) is 19.4 Å². The van der Waals surface area contributed by atoms with Gasteiger partial charge in [-0.2, -0.15) is 0 Å². The van der Waals surface area contributed by atoms with Crippen LogP contribution in [-0.4, -0.2) is 70.4 Å². The van der Waals surface area contributed by atoms with Gasteiger partial charge in [-0.3, -0.25) is 14.9 Å². The number of aliphatic hydroxyl groups is 1. The van der Waals surface area contributed by atoms with Gasteiger partial charge in [-0.25, -0.2) is 4.98 Å². The third kappa shape index (κ3) is 6.87. The molecule has 0 fully saturated rings. The Labute approximate surface area is 223 Å². The van der Waals surface area contributed by atoms with Crippen molar-refractivity contribution >= 4 is 17.0 Å². The molecular weight excluding hydrogens is 488 g/mol. The molecule has 2 heterocycles. The number of nitrogens with zero attached hydrogens (tertiary/aromatic N) is 3. The van der Waals surface area contributed by atoms with Crippen LogP contribution in [0.5, 0.6) is 0 Å². The van der Waals surface area contributed by atoms with Crippen molar-refractivity contribution in [1.29, 1.82) is 0 Å². The second-order valence-electron chi connectivity index (χ2n) is 10.7. The maximum Gasteiger partial charge on any atom is 0.326 e. The zero-order valence-corrected chi connectivity index (χ0v) is 23.6. The number of aryl methyl sites for hydroxylation is 2. The van der Waals surface area contributed by atoms with Gasteiger partial charge in [0.2, 0.25) is 0 Å². The molecule has 0 amide bonds. The van der Waals surface area contributed by atoms with E-state index in [1.165, 1.54) is 0 Å². The maximum absolute atomic E-state index is 12.6. The van der Waals surface area contributed by atoms with Crippen molar-refractivity contribution in [3.05, 3.63) is 51.9 Å². The third-order valence-corrected chi connectivity index (χ3v) is 6.13. The number of esters is 1. The van der Waals surface area contributed by atoms with E-state index in [1.807, 2.05) is 24.3 Å². The molecule has 3 aromatic rings. The van der Waals surface area contributed by atoms with Crippen molar-refractivity contribution in [2.24, 2.45) is 7.05 Å². The largest absolute Gasteiger partial charge is 0.459 e. The molecule has 0 saturated carbocycles. The highest BCUT2D eigenvalue weighted by molar-refractivity contribution is 5.82. The number of ether oxygens (including phenoxy) is 3. The first-order valence-corrected chi connectivity index (χ1v) is 12.7. The lowest BCUT2D eigenvalue weighted by molar-refractivity contribution is -0.160. The molecule has 0 unspecified atom stereocenters. The van der Waals surface area contributed by atoms with E-state index in [2.05, 4.69) is 9.88 Å². The average Bonchev–Trinajstić information content (AvgIpc) is 3.19. The minimum absolute atomic E-state index is 0.0623. The molecule has 3 rings (SSSR count). The summed E-state index contributed by atoms with van der Waals surface area (Å²) in [6, 6.07) is 6.68. The number of hydrogen-bond donors (Lipinski definition) is 2. The lowest BCUT2D eigenvalue weighted by Crippen LogP contribution is -2.47. The highest BCUT2D eigenvalue weighted by atomic mass is 16.6. The highest BCUT2D eigenvalue weighted by Crippen LogP contribution is 2.30. The van der Waals surface area contributed by atoms with E-state index >= 15 is 0 Å². The molecular formula is C28H40N4O6. The number of rotatable bonds is 11. The Balaban J connectivity index is 2.03. The molecule has 10 nitrogen and oxygen atoms in total. The fourth-order valence-corrected chi connectivity index (χ4v) is 4.45. The molecule has 0 saturated heterocycles. The average molecular weight is 529 g/mol. The molecule has 2 atom stereocenters. The number of benzene rings is 1. The number of pyridine rings is 1. The molecule has 2 N–H and O–H groups in total. The molecule has 0 bridgehead atoms. The zero-order valence-electron chi connectivity index (χ0n) is 23.6. The minimum Gasteiger partial charge on any atom is -0.459 e. The third-order valence-electron chi connectivity index (χ3n) is 6.13. The summed E-state index contributed by atoms with van der Waals surface area (Å²) in [5.74, 6) is 0.186. The van der Waals surface area contributed by atoms with Gasteiger partial charge in [-0.15, -0.1) is 0 Å². The molecule has 1 aromatic carbocycles. The predicted molar refractivity (Wildman–Crippen MR) is 146 cm³/mol. The van der Waals surface area contributed by atoms with E-state index in [1.54, 1.807) is 66.6 Å². The zero-order chi connectivity index (χ0) is 28.2. The van der Waals surface area contributed by atoms with Gasteiger partial charge in [-0.1, -0.05) is 6.07 Å². The number of carbonyl (C=O) groups is 1. The van der Waals surface area contributed by atoms with Crippen molar-refractivity contribution < 1.29 is 24.1 Å². The molecule has 0 aliphatic carbocycles. The van der Waals surface area contributed by atoms with Crippen molar-refractivity contribution in [2.75, 3.05) is 27.4 Å². The lowest BCUT2D eigenvalue weighted by atomic mass is 10.1. The normalized spacial score (nSPS) is 13.7. The fraction of sp³-hybridized carbons (Fsp3) is 0.536. The Kier molecular flexibility index (Phi) is 9.48. The van der Waals surface area contributed by atoms with Gasteiger partial charge in [0.15, 0.2) is 0 Å². The summed E-state index contributed by atoms with van der Waals surface area (Å²) < 4.78 is 20.1. The molecule has 38 heavy (non-hydrogen) atoms. The van der Waals surface area contributed by atoms with Crippen LogP contribution in [0.4, 0.5) is 0 Å². The molecule has 0 aliphatic heterocycles. The van der Waals surface area contributed by atoms with Gasteiger partial charge in [0, 0.05) is 45.1 Å². The van der Waals surface area contributed by atoms with E-state index in [0.717, 1.165) is 22.2 Å². The van der Waals surface area contributed by atoms with Crippen LogP contribution in [0.15, 0.2) is 35.3 Å². The topological polar surface area (TPSA) is 117 Å². The van der Waals surface area contributed by atoms with Crippen LogP contribution in [0, 0.1) is 6.92 Å². The highest BCUT2D eigenvalue weighted by Gasteiger charge is 2.29. The number of aliphatic hydroxyl groups excluding tert-OH is 1. The minimum atomic E-state index is -0.934. The quantitative estimate of drug-likeness (QED) is 0.365. The predicted octanol–water partition coefficient (Wildman–Crippen LogP) is 2.73. The Hall–Kier alpha value is -3.05. The van der Waals surface area contributed by atoms with E-state index in [0.29, 0.717) is 31.1 Å². The number of aromatic nitrogens is 3. The SMILES string of the molecule is COCC(COC)n1c(-c2cc(C)c(=O)n(C)c2)nc2cc(CN[C@@H](C(=O)OC(C)(C)C)[C@@H](C)O)ccc21. The van der Waals surface area contributed by atoms with Crippen LogP contribution in [0.25, 0.3) is 22.4 Å². The smallest absolute Gasteiger partial charge is 0.326 e. The number of imidazole rings is 1. The summed E-state index contributed by atoms with van der Waals surface area (Å²) >= 11 is 0. The second-order valence-corrected chi connectivity index (χ2v) is 10.7. The van der Waals surface area contributed by atoms with Crippen molar-refractivity contribution in [3.8, 4) is 11.4 Å². The van der Waals surface area contributed by atoms with Gasteiger partial charge in [0.25, 0.3) is 5.56 Å². The fourth-order valence-electron chi connectivity index (χ4n) is 4.45. The van der Waals surface area contributed by atoms with Crippen LogP contribution >= 0.6 is 0 Å². The Morgan fingerprint density at radius 1 is 1.16 bits per heavy atom. The van der Waals surface area contributed by atoms with Gasteiger partial charge < -0.3 is 28.5 Å². The Bertz CT molecular complexity index is 1290. The summed E-state index contributed by atoms with van der Waals surface area (Å²) in [6.07, 6.45) is 0.844. The van der Waals surface area contributed by atoms with Gasteiger partial charge in [0.1, 0.15) is 17.5 Å². The monoisotopic (exact) mass is 528 g/mol. The maximum atomic E-state index is 12.6. The van der Waals surface area contributed by atoms with E-state index in [9.17, 15) is 14.7 Å². The van der Waals surface area contributed by atoms with E-state index < -0.39 is 23.7 Å². The first kappa shape index (κ1) is 29.5. The van der Waals surface area contributed by atoms with Crippen LogP contribution in [0.1, 0.15) is 44.9 Å². The van der Waals surface area contributed by atoms with E-state index in [-0.39, 0.29) is 11.6 Å². The van der Waals surface area contributed by atoms with Gasteiger partial charge >= 0.3 is 5.97 Å². The van der Waals surface area contributed by atoms with E-state index in [4.69, 9.17) is 19.2 Å². The number of nitrogens with one attached hydrogen (secondary N) is 1. The Morgan fingerprint density at radius 3 is 2.37 bits per heavy atom. The lowest BCUT2D eigenvalue weighted by Gasteiger charge is -2.26. The molecule has 0 aliphatic rings. The molecule has 208 valence electrons. The number of methoxy groups -OCH3 is 2. The molecule has 0 spiro atoms. The summed E-state index contributed by atoms with van der Waals surface area (Å²) in [5.41, 5.74) is 3.21. The summed E-state index contributed by atoms with van der Waals surface area (Å²) in [7, 11) is 5.01. The van der Waals surface area contributed by atoms with Crippen molar-refractivity contribution in [2.45, 2.75) is 65.0 Å². The summed E-state index contributed by atoms with van der Waals surface area (Å²) in [4.78, 5) is 29.9.